The highest BCUT2D eigenvalue weighted by Crippen LogP contribution is 2.22. The molecule has 0 aliphatic carbocycles. The average molecular weight is 227 g/mol. The average Bonchev–Trinajstić information content (AvgIpc) is 2.00. The third-order valence-electron chi connectivity index (χ3n) is 2.17. The topological polar surface area (TPSA) is 9.23 Å². The number of ether oxygens (including phenoxy) is 1. The van der Waals surface area contributed by atoms with E-state index in [0.717, 1.165) is 25.6 Å². The third kappa shape index (κ3) is 1.70. The fourth-order valence-electron chi connectivity index (χ4n) is 1.38. The van der Waals surface area contributed by atoms with Gasteiger partial charge < -0.3 is 4.74 Å². The highest BCUT2D eigenvalue weighted by Gasteiger charge is 2.19. The second-order valence-corrected chi connectivity index (χ2v) is 4.05. The van der Waals surface area contributed by atoms with Crippen molar-refractivity contribution in [2.24, 2.45) is 5.92 Å². The van der Waals surface area contributed by atoms with Gasteiger partial charge in [0.15, 0.2) is 0 Å². The summed E-state index contributed by atoms with van der Waals surface area (Å²) in [5.74, 6) is 0.740. The predicted octanol–water partition coefficient (Wildman–Crippen LogP) is 2.64. The van der Waals surface area contributed by atoms with Crippen molar-refractivity contribution < 1.29 is 4.74 Å². The van der Waals surface area contributed by atoms with Gasteiger partial charge in [-0.15, -0.1) is 0 Å². The van der Waals surface area contributed by atoms with Crippen LogP contribution in [0.4, 0.5) is 0 Å². The lowest BCUT2D eigenvalue weighted by atomic mass is 9.98. The van der Waals surface area contributed by atoms with Gasteiger partial charge in [0.25, 0.3) is 0 Å². The van der Waals surface area contributed by atoms with E-state index in [0.29, 0.717) is 0 Å². The molecule has 1 saturated heterocycles. The van der Waals surface area contributed by atoms with Gasteiger partial charge in [-0.25, -0.2) is 0 Å². The van der Waals surface area contributed by atoms with Crippen LogP contribution in [-0.4, -0.2) is 13.2 Å². The molecule has 1 aliphatic rings. The zero-order valence-electron chi connectivity index (χ0n) is 6.79. The number of rotatable bonds is 2. The van der Waals surface area contributed by atoms with E-state index in [1.807, 2.05) is 6.07 Å². The lowest BCUT2D eigenvalue weighted by Gasteiger charge is -2.26. The first-order valence-corrected chi connectivity index (χ1v) is 4.96. The Labute approximate surface area is 80.9 Å². The van der Waals surface area contributed by atoms with E-state index < -0.39 is 0 Å². The van der Waals surface area contributed by atoms with E-state index in [4.69, 9.17) is 4.74 Å². The van der Waals surface area contributed by atoms with Gasteiger partial charge in [-0.2, -0.15) is 0 Å². The molecule has 1 aromatic carbocycles. The molecule has 0 unspecified atom stereocenters. The Morgan fingerprint density at radius 3 is 2.67 bits per heavy atom. The molecule has 0 N–H and O–H groups in total. The van der Waals surface area contributed by atoms with Crippen molar-refractivity contribution in [3.05, 3.63) is 34.3 Å². The molecule has 1 aliphatic heterocycles. The Bertz CT molecular complexity index is 268. The van der Waals surface area contributed by atoms with Crippen LogP contribution >= 0.6 is 15.9 Å². The molecule has 1 heterocycles. The van der Waals surface area contributed by atoms with Crippen molar-refractivity contribution in [1.82, 2.24) is 0 Å². The van der Waals surface area contributed by atoms with Crippen LogP contribution in [-0.2, 0) is 11.2 Å². The highest BCUT2D eigenvalue weighted by molar-refractivity contribution is 9.10. The number of halogens is 1. The van der Waals surface area contributed by atoms with E-state index in [2.05, 4.69) is 34.1 Å². The number of hydrogen-bond donors (Lipinski definition) is 0. The van der Waals surface area contributed by atoms with Crippen molar-refractivity contribution in [2.75, 3.05) is 13.2 Å². The van der Waals surface area contributed by atoms with Crippen molar-refractivity contribution >= 4 is 15.9 Å². The normalized spacial score (nSPS) is 17.4. The standard InChI is InChI=1S/C10H11BrO/c11-10-4-2-1-3-9(10)5-8-6-12-7-8/h1-4,8H,5-7H2. The van der Waals surface area contributed by atoms with Crippen LogP contribution in [0.5, 0.6) is 0 Å². The van der Waals surface area contributed by atoms with Crippen LogP contribution in [0.1, 0.15) is 5.56 Å². The molecule has 0 aromatic heterocycles. The van der Waals surface area contributed by atoms with Gasteiger partial charge in [0, 0.05) is 10.4 Å². The summed E-state index contributed by atoms with van der Waals surface area (Å²) in [6, 6.07) is 8.39. The Hall–Kier alpha value is -0.340. The molecule has 12 heavy (non-hydrogen) atoms. The molecule has 64 valence electrons. The van der Waals surface area contributed by atoms with E-state index in [1.54, 1.807) is 0 Å². The van der Waals surface area contributed by atoms with Crippen molar-refractivity contribution in [2.45, 2.75) is 6.42 Å². The van der Waals surface area contributed by atoms with Crippen LogP contribution in [0.2, 0.25) is 0 Å². The van der Waals surface area contributed by atoms with Gasteiger partial charge in [-0.3, -0.25) is 0 Å². The number of hydrogen-bond acceptors (Lipinski definition) is 1. The molecule has 1 nitrogen and oxygen atoms in total. The summed E-state index contributed by atoms with van der Waals surface area (Å²) in [5, 5.41) is 0. The van der Waals surface area contributed by atoms with Gasteiger partial charge in [-0.05, 0) is 18.1 Å². The molecule has 0 saturated carbocycles. The zero-order chi connectivity index (χ0) is 8.39. The van der Waals surface area contributed by atoms with Crippen LogP contribution in [0.15, 0.2) is 28.7 Å². The summed E-state index contributed by atoms with van der Waals surface area (Å²) in [7, 11) is 0. The summed E-state index contributed by atoms with van der Waals surface area (Å²) in [6.07, 6.45) is 1.14. The Morgan fingerprint density at radius 2 is 2.08 bits per heavy atom. The quantitative estimate of drug-likeness (QED) is 0.754. The lowest BCUT2D eigenvalue weighted by molar-refractivity contribution is -0.0313. The Kier molecular flexibility index (Phi) is 2.47. The van der Waals surface area contributed by atoms with Gasteiger partial charge in [0.1, 0.15) is 0 Å². The minimum absolute atomic E-state index is 0.740. The van der Waals surface area contributed by atoms with Gasteiger partial charge in [0.2, 0.25) is 0 Å². The molecule has 0 spiro atoms. The Balaban J connectivity index is 2.06. The van der Waals surface area contributed by atoms with E-state index in [1.165, 1.54) is 10.0 Å². The molecular formula is C10H11BrO. The van der Waals surface area contributed by atoms with Crippen LogP contribution in [0.25, 0.3) is 0 Å². The molecular weight excluding hydrogens is 216 g/mol. The number of benzene rings is 1. The zero-order valence-corrected chi connectivity index (χ0v) is 8.38. The van der Waals surface area contributed by atoms with E-state index in [9.17, 15) is 0 Å². The second-order valence-electron chi connectivity index (χ2n) is 3.20. The molecule has 0 amide bonds. The molecule has 1 aromatic rings. The molecule has 0 radical (unpaired) electrons. The molecule has 2 rings (SSSR count). The summed E-state index contributed by atoms with van der Waals surface area (Å²) >= 11 is 3.54. The summed E-state index contributed by atoms with van der Waals surface area (Å²) < 4.78 is 6.35. The first-order chi connectivity index (χ1) is 5.86. The van der Waals surface area contributed by atoms with Crippen LogP contribution < -0.4 is 0 Å². The maximum atomic E-state index is 5.13. The van der Waals surface area contributed by atoms with Crippen molar-refractivity contribution in [3.8, 4) is 0 Å². The predicted molar refractivity (Wildman–Crippen MR) is 52.2 cm³/mol. The molecule has 0 bridgehead atoms. The third-order valence-corrected chi connectivity index (χ3v) is 2.95. The van der Waals surface area contributed by atoms with E-state index in [-0.39, 0.29) is 0 Å². The maximum absolute atomic E-state index is 5.13. The summed E-state index contributed by atoms with van der Waals surface area (Å²) in [4.78, 5) is 0. The second kappa shape index (κ2) is 3.58. The molecule has 0 atom stereocenters. The van der Waals surface area contributed by atoms with Crippen molar-refractivity contribution in [1.29, 1.82) is 0 Å². The molecule has 1 fully saturated rings. The minimum Gasteiger partial charge on any atom is -0.381 e. The Morgan fingerprint density at radius 1 is 1.33 bits per heavy atom. The first kappa shape index (κ1) is 8.27. The minimum atomic E-state index is 0.740. The first-order valence-electron chi connectivity index (χ1n) is 4.17. The summed E-state index contributed by atoms with van der Waals surface area (Å²) in [5.41, 5.74) is 1.39. The van der Waals surface area contributed by atoms with Gasteiger partial charge >= 0.3 is 0 Å². The van der Waals surface area contributed by atoms with Gasteiger partial charge in [0.05, 0.1) is 13.2 Å². The molecule has 2 heteroatoms. The van der Waals surface area contributed by atoms with Crippen LogP contribution in [0, 0.1) is 5.92 Å². The van der Waals surface area contributed by atoms with E-state index >= 15 is 0 Å². The largest absolute Gasteiger partial charge is 0.381 e. The lowest BCUT2D eigenvalue weighted by Crippen LogP contribution is -2.29. The van der Waals surface area contributed by atoms with Gasteiger partial charge in [-0.1, -0.05) is 34.1 Å². The van der Waals surface area contributed by atoms with Crippen LogP contribution in [0.3, 0.4) is 0 Å². The monoisotopic (exact) mass is 226 g/mol. The maximum Gasteiger partial charge on any atom is 0.0519 e. The summed E-state index contributed by atoms with van der Waals surface area (Å²) in [6.45, 7) is 1.86. The fourth-order valence-corrected chi connectivity index (χ4v) is 1.82. The smallest absolute Gasteiger partial charge is 0.0519 e. The highest BCUT2D eigenvalue weighted by atomic mass is 79.9. The SMILES string of the molecule is Brc1ccccc1CC1COC1. The fraction of sp³-hybridized carbons (Fsp3) is 0.400. The van der Waals surface area contributed by atoms with Crippen molar-refractivity contribution in [3.63, 3.8) is 0 Å².